The first-order chi connectivity index (χ1) is 8.86. The van der Waals surface area contributed by atoms with Crippen molar-refractivity contribution in [3.05, 3.63) is 29.1 Å². The van der Waals surface area contributed by atoms with Gasteiger partial charge < -0.3 is 5.73 Å². The average Bonchev–Trinajstić information content (AvgIpc) is 2.75. The fourth-order valence-electron chi connectivity index (χ4n) is 2.64. The molecule has 1 aromatic carbocycles. The summed E-state index contributed by atoms with van der Waals surface area (Å²) in [6.45, 7) is 4.68. The van der Waals surface area contributed by atoms with Crippen molar-refractivity contribution >= 4 is 10.0 Å². The maximum absolute atomic E-state index is 13.3. The van der Waals surface area contributed by atoms with Crippen LogP contribution in [0.3, 0.4) is 0 Å². The van der Waals surface area contributed by atoms with Crippen molar-refractivity contribution in [1.29, 1.82) is 0 Å². The van der Waals surface area contributed by atoms with Crippen molar-refractivity contribution in [2.75, 3.05) is 19.6 Å². The molecule has 106 valence electrons. The highest BCUT2D eigenvalue weighted by molar-refractivity contribution is 7.89. The van der Waals surface area contributed by atoms with Crippen LogP contribution in [0, 0.1) is 25.6 Å². The van der Waals surface area contributed by atoms with Crippen LogP contribution in [0.15, 0.2) is 17.0 Å². The largest absolute Gasteiger partial charge is 0.330 e. The quantitative estimate of drug-likeness (QED) is 0.914. The van der Waals surface area contributed by atoms with E-state index >= 15 is 0 Å². The molecule has 1 aliphatic rings. The minimum absolute atomic E-state index is 0.218. The Hall–Kier alpha value is -0.980. The molecule has 0 spiro atoms. The Morgan fingerprint density at radius 1 is 1.37 bits per heavy atom. The standard InChI is InChI=1S/C13H19FN2O2S/c1-9-5-12(14)6-10(2)13(9)19(17,18)16-4-3-11(7-15)8-16/h5-6,11H,3-4,7-8,15H2,1-2H3. The number of nitrogens with two attached hydrogens (primary N) is 1. The van der Waals surface area contributed by atoms with E-state index in [1.165, 1.54) is 16.4 Å². The van der Waals surface area contributed by atoms with E-state index in [4.69, 9.17) is 5.73 Å². The molecule has 0 amide bonds. The van der Waals surface area contributed by atoms with Gasteiger partial charge in [-0.3, -0.25) is 0 Å². The molecule has 1 aliphatic heterocycles. The first-order valence-electron chi connectivity index (χ1n) is 6.33. The van der Waals surface area contributed by atoms with Gasteiger partial charge in [-0.25, -0.2) is 12.8 Å². The molecule has 1 aromatic rings. The number of nitrogens with zero attached hydrogens (tertiary/aromatic N) is 1. The van der Waals surface area contributed by atoms with Crippen molar-refractivity contribution in [2.24, 2.45) is 11.7 Å². The summed E-state index contributed by atoms with van der Waals surface area (Å²) in [6, 6.07) is 2.52. The predicted molar refractivity (Wildman–Crippen MR) is 71.8 cm³/mol. The van der Waals surface area contributed by atoms with E-state index in [0.717, 1.165) is 6.42 Å². The third kappa shape index (κ3) is 2.66. The summed E-state index contributed by atoms with van der Waals surface area (Å²) in [6.07, 6.45) is 0.787. The molecule has 0 saturated carbocycles. The summed E-state index contributed by atoms with van der Waals surface area (Å²) in [5.74, 6) is -0.189. The summed E-state index contributed by atoms with van der Waals surface area (Å²) in [5.41, 5.74) is 6.49. The number of aryl methyl sites for hydroxylation is 2. The van der Waals surface area contributed by atoms with Gasteiger partial charge in [-0.1, -0.05) is 0 Å². The van der Waals surface area contributed by atoms with Gasteiger partial charge in [-0.2, -0.15) is 4.31 Å². The van der Waals surface area contributed by atoms with Crippen molar-refractivity contribution < 1.29 is 12.8 Å². The zero-order valence-electron chi connectivity index (χ0n) is 11.2. The monoisotopic (exact) mass is 286 g/mol. The number of hydrogen-bond acceptors (Lipinski definition) is 3. The van der Waals surface area contributed by atoms with Crippen LogP contribution in [0.1, 0.15) is 17.5 Å². The van der Waals surface area contributed by atoms with Crippen LogP contribution in [-0.4, -0.2) is 32.4 Å². The fourth-order valence-corrected chi connectivity index (χ4v) is 4.58. The predicted octanol–water partition coefficient (Wildman–Crippen LogP) is 1.41. The van der Waals surface area contributed by atoms with E-state index in [9.17, 15) is 12.8 Å². The molecular formula is C13H19FN2O2S. The Bertz CT molecular complexity index is 563. The lowest BCUT2D eigenvalue weighted by Crippen LogP contribution is -2.31. The minimum atomic E-state index is -3.55. The van der Waals surface area contributed by atoms with Crippen LogP contribution in [0.5, 0.6) is 0 Å². The highest BCUT2D eigenvalue weighted by Crippen LogP contribution is 2.28. The second kappa shape index (κ2) is 5.19. The Morgan fingerprint density at radius 2 is 1.95 bits per heavy atom. The second-order valence-electron chi connectivity index (χ2n) is 5.12. The lowest BCUT2D eigenvalue weighted by atomic mass is 10.1. The van der Waals surface area contributed by atoms with Gasteiger partial charge in [0.25, 0.3) is 0 Å². The van der Waals surface area contributed by atoms with Crippen LogP contribution < -0.4 is 5.73 Å². The molecular weight excluding hydrogens is 267 g/mol. The summed E-state index contributed by atoms with van der Waals surface area (Å²) in [5, 5.41) is 0. The van der Waals surface area contributed by atoms with E-state index in [-0.39, 0.29) is 10.8 Å². The molecule has 19 heavy (non-hydrogen) atoms. The van der Waals surface area contributed by atoms with Crippen molar-refractivity contribution in [2.45, 2.75) is 25.2 Å². The van der Waals surface area contributed by atoms with Gasteiger partial charge in [0.2, 0.25) is 10.0 Å². The molecule has 1 saturated heterocycles. The Morgan fingerprint density at radius 3 is 2.42 bits per heavy atom. The summed E-state index contributed by atoms with van der Waals surface area (Å²) in [4.78, 5) is 0.228. The molecule has 0 aliphatic carbocycles. The summed E-state index contributed by atoms with van der Waals surface area (Å²) >= 11 is 0. The van der Waals surface area contributed by atoms with Crippen molar-refractivity contribution in [3.63, 3.8) is 0 Å². The molecule has 1 atom stereocenters. The van der Waals surface area contributed by atoms with E-state index in [2.05, 4.69) is 0 Å². The fraction of sp³-hybridized carbons (Fsp3) is 0.538. The molecule has 0 aromatic heterocycles. The van der Waals surface area contributed by atoms with Crippen LogP contribution in [-0.2, 0) is 10.0 Å². The number of benzene rings is 1. The zero-order valence-corrected chi connectivity index (χ0v) is 12.0. The smallest absolute Gasteiger partial charge is 0.243 e. The molecule has 0 radical (unpaired) electrons. The SMILES string of the molecule is Cc1cc(F)cc(C)c1S(=O)(=O)N1CCC(CN)C1. The van der Waals surface area contributed by atoms with Crippen LogP contribution in [0.25, 0.3) is 0 Å². The number of rotatable bonds is 3. The van der Waals surface area contributed by atoms with Crippen LogP contribution in [0.2, 0.25) is 0 Å². The number of halogens is 1. The van der Waals surface area contributed by atoms with Gasteiger partial charge in [-0.15, -0.1) is 0 Å². The molecule has 2 rings (SSSR count). The molecule has 1 fully saturated rings. The molecule has 1 heterocycles. The van der Waals surface area contributed by atoms with Crippen molar-refractivity contribution in [1.82, 2.24) is 4.31 Å². The van der Waals surface area contributed by atoms with Gasteiger partial charge >= 0.3 is 0 Å². The van der Waals surface area contributed by atoms with Gasteiger partial charge in [-0.05, 0) is 56.0 Å². The second-order valence-corrected chi connectivity index (χ2v) is 7.00. The average molecular weight is 286 g/mol. The molecule has 1 unspecified atom stereocenters. The first kappa shape index (κ1) is 14.4. The third-order valence-electron chi connectivity index (χ3n) is 3.60. The zero-order chi connectivity index (χ0) is 14.2. The first-order valence-corrected chi connectivity index (χ1v) is 7.77. The molecule has 2 N–H and O–H groups in total. The van der Waals surface area contributed by atoms with E-state index in [1.807, 2.05) is 0 Å². The van der Waals surface area contributed by atoms with Gasteiger partial charge in [0, 0.05) is 13.1 Å². The molecule has 0 bridgehead atoms. The Kier molecular flexibility index (Phi) is 3.94. The van der Waals surface area contributed by atoms with E-state index in [1.54, 1.807) is 13.8 Å². The third-order valence-corrected chi connectivity index (χ3v) is 5.78. The normalized spacial score (nSPS) is 20.9. The lowest BCUT2D eigenvalue weighted by Gasteiger charge is -2.19. The lowest BCUT2D eigenvalue weighted by molar-refractivity contribution is 0.458. The highest BCUT2D eigenvalue weighted by Gasteiger charge is 2.33. The topological polar surface area (TPSA) is 63.4 Å². The summed E-state index contributed by atoms with van der Waals surface area (Å²) < 4.78 is 39.9. The van der Waals surface area contributed by atoms with Crippen LogP contribution >= 0.6 is 0 Å². The number of hydrogen-bond donors (Lipinski definition) is 1. The Balaban J connectivity index is 2.41. The van der Waals surface area contributed by atoms with Gasteiger partial charge in [0.1, 0.15) is 5.82 Å². The van der Waals surface area contributed by atoms with E-state index in [0.29, 0.717) is 30.8 Å². The summed E-state index contributed by atoms with van der Waals surface area (Å²) in [7, 11) is -3.55. The maximum Gasteiger partial charge on any atom is 0.243 e. The van der Waals surface area contributed by atoms with Gasteiger partial charge in [0.15, 0.2) is 0 Å². The van der Waals surface area contributed by atoms with Gasteiger partial charge in [0.05, 0.1) is 4.90 Å². The minimum Gasteiger partial charge on any atom is -0.330 e. The van der Waals surface area contributed by atoms with E-state index < -0.39 is 15.8 Å². The van der Waals surface area contributed by atoms with Crippen LogP contribution in [0.4, 0.5) is 4.39 Å². The number of sulfonamides is 1. The maximum atomic E-state index is 13.3. The van der Waals surface area contributed by atoms with Crippen molar-refractivity contribution in [3.8, 4) is 0 Å². The molecule has 6 heteroatoms. The Labute approximate surface area is 113 Å². The highest BCUT2D eigenvalue weighted by atomic mass is 32.2. The molecule has 4 nitrogen and oxygen atoms in total.